The number of hydrogen-bond donors (Lipinski definition) is 1. The van der Waals surface area contributed by atoms with E-state index in [9.17, 15) is 0 Å². The fraction of sp³-hybridized carbons (Fsp3) is 0.250. The molecule has 0 spiro atoms. The maximum atomic E-state index is 5.10. The van der Waals surface area contributed by atoms with Crippen LogP contribution in [0.15, 0.2) is 23.3 Å². The molecule has 0 saturated heterocycles. The molecule has 3 heteroatoms. The molecule has 0 radical (unpaired) electrons. The van der Waals surface area contributed by atoms with Gasteiger partial charge in [0.2, 0.25) is 0 Å². The van der Waals surface area contributed by atoms with E-state index in [2.05, 4.69) is 10.1 Å². The molecule has 1 rings (SSSR count). The lowest BCUT2D eigenvalue weighted by Crippen LogP contribution is -2.02. The first-order valence-electron chi connectivity index (χ1n) is 3.42. The van der Waals surface area contributed by atoms with Crippen molar-refractivity contribution in [3.8, 4) is 0 Å². The average molecular weight is 149 g/mol. The Hall–Kier alpha value is -1.38. The third-order valence-electron chi connectivity index (χ3n) is 1.45. The molecule has 0 bridgehead atoms. The van der Waals surface area contributed by atoms with Crippen molar-refractivity contribution in [3.05, 3.63) is 29.6 Å². The molecule has 2 N–H and O–H groups in total. The van der Waals surface area contributed by atoms with Gasteiger partial charge in [-0.1, -0.05) is 6.07 Å². The normalized spacial score (nSPS) is 11.6. The van der Waals surface area contributed by atoms with Crippen molar-refractivity contribution < 1.29 is 0 Å². The van der Waals surface area contributed by atoms with Crippen LogP contribution in [0.1, 0.15) is 18.3 Å². The summed E-state index contributed by atoms with van der Waals surface area (Å²) in [5, 5.41) is 3.55. The fourth-order valence-electron chi connectivity index (χ4n) is 0.811. The maximum Gasteiger partial charge on any atom is 0.0862 e. The Morgan fingerprint density at radius 1 is 1.55 bits per heavy atom. The smallest absolute Gasteiger partial charge is 0.0862 e. The number of aryl methyl sites for hydroxylation is 1. The predicted octanol–water partition coefficient (Wildman–Crippen LogP) is 1.07. The van der Waals surface area contributed by atoms with Gasteiger partial charge in [-0.25, -0.2) is 0 Å². The fourth-order valence-corrected chi connectivity index (χ4v) is 0.811. The largest absolute Gasteiger partial charge is 0.323 e. The van der Waals surface area contributed by atoms with Gasteiger partial charge >= 0.3 is 0 Å². The molecule has 0 aliphatic heterocycles. The third kappa shape index (κ3) is 1.77. The second-order valence-corrected chi connectivity index (χ2v) is 2.38. The van der Waals surface area contributed by atoms with Crippen LogP contribution in [0.25, 0.3) is 0 Å². The second-order valence-electron chi connectivity index (χ2n) is 2.38. The number of hydrogen-bond acceptors (Lipinski definition) is 3. The highest BCUT2D eigenvalue weighted by atomic mass is 15.1. The summed E-state index contributed by atoms with van der Waals surface area (Å²) in [6.07, 6.45) is 0. The molecule has 0 fully saturated rings. The van der Waals surface area contributed by atoms with Crippen LogP contribution in [0.5, 0.6) is 0 Å². The topological polar surface area (TPSA) is 51.3 Å². The molecule has 0 aromatic carbocycles. The van der Waals surface area contributed by atoms with Crippen molar-refractivity contribution in [2.75, 3.05) is 0 Å². The van der Waals surface area contributed by atoms with Crippen molar-refractivity contribution in [3.63, 3.8) is 0 Å². The Morgan fingerprint density at radius 3 is 2.82 bits per heavy atom. The van der Waals surface area contributed by atoms with E-state index in [1.165, 1.54) is 0 Å². The van der Waals surface area contributed by atoms with Gasteiger partial charge in [0.15, 0.2) is 0 Å². The summed E-state index contributed by atoms with van der Waals surface area (Å²) >= 11 is 0. The highest BCUT2D eigenvalue weighted by molar-refractivity contribution is 5.96. The van der Waals surface area contributed by atoms with Gasteiger partial charge in [-0.15, -0.1) is 0 Å². The first-order chi connectivity index (χ1) is 5.24. The van der Waals surface area contributed by atoms with E-state index in [1.54, 1.807) is 0 Å². The van der Waals surface area contributed by atoms with Crippen molar-refractivity contribution in [1.29, 1.82) is 0 Å². The SMILES string of the molecule is CC(=NN)c1cccc(C)n1. The minimum atomic E-state index is 0.758. The molecule has 0 unspecified atom stereocenters. The lowest BCUT2D eigenvalue weighted by Gasteiger charge is -1.97. The molecule has 3 nitrogen and oxygen atoms in total. The van der Waals surface area contributed by atoms with E-state index < -0.39 is 0 Å². The molecule has 11 heavy (non-hydrogen) atoms. The first kappa shape index (κ1) is 7.72. The molecule has 1 heterocycles. The quantitative estimate of drug-likeness (QED) is 0.369. The Labute approximate surface area is 66.0 Å². The summed E-state index contributed by atoms with van der Waals surface area (Å²) in [7, 11) is 0. The number of hydrazone groups is 1. The Balaban J connectivity index is 3.06. The van der Waals surface area contributed by atoms with Gasteiger partial charge in [0, 0.05) is 5.69 Å². The van der Waals surface area contributed by atoms with Gasteiger partial charge in [0.25, 0.3) is 0 Å². The van der Waals surface area contributed by atoms with Crippen molar-refractivity contribution >= 4 is 5.71 Å². The zero-order valence-corrected chi connectivity index (χ0v) is 6.70. The lowest BCUT2D eigenvalue weighted by molar-refractivity contribution is 1.15. The summed E-state index contributed by atoms with van der Waals surface area (Å²) in [6, 6.07) is 5.76. The van der Waals surface area contributed by atoms with E-state index in [-0.39, 0.29) is 0 Å². The van der Waals surface area contributed by atoms with Crippen molar-refractivity contribution in [2.24, 2.45) is 10.9 Å². The Morgan fingerprint density at radius 2 is 2.27 bits per heavy atom. The van der Waals surface area contributed by atoms with Crippen LogP contribution >= 0.6 is 0 Å². The monoisotopic (exact) mass is 149 g/mol. The molecular formula is C8H11N3. The van der Waals surface area contributed by atoms with Gasteiger partial charge in [-0.05, 0) is 26.0 Å². The molecule has 1 aromatic rings. The minimum absolute atomic E-state index is 0.758. The molecular weight excluding hydrogens is 138 g/mol. The van der Waals surface area contributed by atoms with Crippen LogP contribution in [0.2, 0.25) is 0 Å². The molecule has 1 aromatic heterocycles. The molecule has 0 saturated carbocycles. The minimum Gasteiger partial charge on any atom is -0.323 e. The molecule has 0 aliphatic rings. The Kier molecular flexibility index (Phi) is 2.21. The zero-order valence-electron chi connectivity index (χ0n) is 6.70. The number of nitrogens with two attached hydrogens (primary N) is 1. The highest BCUT2D eigenvalue weighted by Gasteiger charge is 1.96. The zero-order chi connectivity index (χ0) is 8.27. The predicted molar refractivity (Wildman–Crippen MR) is 45.4 cm³/mol. The summed E-state index contributed by atoms with van der Waals surface area (Å²) in [5.74, 6) is 5.10. The van der Waals surface area contributed by atoms with E-state index in [4.69, 9.17) is 5.84 Å². The summed E-state index contributed by atoms with van der Waals surface area (Å²) in [4.78, 5) is 4.23. The van der Waals surface area contributed by atoms with Gasteiger partial charge in [0.1, 0.15) is 0 Å². The molecule has 0 aliphatic carbocycles. The number of rotatable bonds is 1. The average Bonchev–Trinajstić information content (AvgIpc) is 2.03. The van der Waals surface area contributed by atoms with Gasteiger partial charge < -0.3 is 5.84 Å². The van der Waals surface area contributed by atoms with Crippen LogP contribution in [0.3, 0.4) is 0 Å². The van der Waals surface area contributed by atoms with E-state index >= 15 is 0 Å². The van der Waals surface area contributed by atoms with Gasteiger partial charge in [-0.2, -0.15) is 5.10 Å². The van der Waals surface area contributed by atoms with Crippen LogP contribution in [-0.4, -0.2) is 10.7 Å². The second kappa shape index (κ2) is 3.14. The molecule has 0 amide bonds. The van der Waals surface area contributed by atoms with Crippen LogP contribution in [-0.2, 0) is 0 Å². The van der Waals surface area contributed by atoms with Crippen LogP contribution < -0.4 is 5.84 Å². The van der Waals surface area contributed by atoms with Gasteiger partial charge in [0.05, 0.1) is 11.4 Å². The summed E-state index contributed by atoms with van der Waals surface area (Å²) in [6.45, 7) is 3.77. The van der Waals surface area contributed by atoms with Gasteiger partial charge in [-0.3, -0.25) is 4.98 Å². The molecule has 0 atom stereocenters. The standard InChI is InChI=1S/C8H11N3/c1-6-4-3-5-8(10-6)7(2)11-9/h3-5H,9H2,1-2H3. The highest BCUT2D eigenvalue weighted by Crippen LogP contribution is 1.98. The van der Waals surface area contributed by atoms with E-state index in [0.717, 1.165) is 17.1 Å². The third-order valence-corrected chi connectivity index (χ3v) is 1.45. The van der Waals surface area contributed by atoms with E-state index in [1.807, 2.05) is 32.0 Å². The maximum absolute atomic E-state index is 5.10. The number of pyridine rings is 1. The van der Waals surface area contributed by atoms with E-state index in [0.29, 0.717) is 0 Å². The molecule has 58 valence electrons. The number of aromatic nitrogens is 1. The van der Waals surface area contributed by atoms with Crippen LogP contribution in [0, 0.1) is 6.92 Å². The van der Waals surface area contributed by atoms with Crippen LogP contribution in [0.4, 0.5) is 0 Å². The Bertz CT molecular complexity index is 278. The summed E-state index contributed by atoms with van der Waals surface area (Å²) < 4.78 is 0. The number of nitrogens with zero attached hydrogens (tertiary/aromatic N) is 2. The van der Waals surface area contributed by atoms with Crippen molar-refractivity contribution in [2.45, 2.75) is 13.8 Å². The summed E-state index contributed by atoms with van der Waals surface area (Å²) in [5.41, 5.74) is 2.58. The first-order valence-corrected chi connectivity index (χ1v) is 3.42. The van der Waals surface area contributed by atoms with Crippen molar-refractivity contribution in [1.82, 2.24) is 4.98 Å². The lowest BCUT2D eigenvalue weighted by atomic mass is 10.2.